The Balaban J connectivity index is 1.43. The van der Waals surface area contributed by atoms with E-state index in [0.717, 1.165) is 29.7 Å². The Morgan fingerprint density at radius 1 is 0.966 bits per heavy atom. The van der Waals surface area contributed by atoms with Gasteiger partial charge in [-0.1, -0.05) is 24.3 Å². The number of rotatable bonds is 5. The number of fused-ring (bicyclic) bond motifs is 2. The Morgan fingerprint density at radius 2 is 1.86 bits per heavy atom. The summed E-state index contributed by atoms with van der Waals surface area (Å²) in [6, 6.07) is 16.0. The summed E-state index contributed by atoms with van der Waals surface area (Å²) in [6.07, 6.45) is 7.36. The monoisotopic (exact) mass is 386 g/mol. The third-order valence-electron chi connectivity index (χ3n) is 5.55. The summed E-state index contributed by atoms with van der Waals surface area (Å²) in [6.45, 7) is 0.668. The van der Waals surface area contributed by atoms with E-state index in [1.165, 1.54) is 17.5 Å². The highest BCUT2D eigenvalue weighted by molar-refractivity contribution is 5.95. The third kappa shape index (κ3) is 3.68. The number of ether oxygens (including phenoxy) is 2. The van der Waals surface area contributed by atoms with E-state index >= 15 is 0 Å². The van der Waals surface area contributed by atoms with E-state index in [1.54, 1.807) is 17.3 Å². The number of pyridine rings is 1. The molecule has 0 saturated heterocycles. The molecule has 1 aromatic heterocycles. The number of hydrogen-bond acceptors (Lipinski definition) is 4. The smallest absolute Gasteiger partial charge is 0.231 e. The molecule has 0 saturated carbocycles. The van der Waals surface area contributed by atoms with Crippen molar-refractivity contribution in [3.63, 3.8) is 0 Å². The Kier molecular flexibility index (Phi) is 4.64. The van der Waals surface area contributed by atoms with Crippen molar-refractivity contribution in [2.24, 2.45) is 0 Å². The molecule has 0 unspecified atom stereocenters. The number of benzene rings is 2. The lowest BCUT2D eigenvalue weighted by Crippen LogP contribution is -2.31. The molecule has 5 nitrogen and oxygen atoms in total. The summed E-state index contributed by atoms with van der Waals surface area (Å²) in [5.74, 6) is 1.43. The lowest BCUT2D eigenvalue weighted by atomic mass is 10.0. The zero-order valence-corrected chi connectivity index (χ0v) is 16.1. The van der Waals surface area contributed by atoms with E-state index in [2.05, 4.69) is 23.2 Å². The van der Waals surface area contributed by atoms with Gasteiger partial charge in [-0.3, -0.25) is 9.78 Å². The van der Waals surface area contributed by atoms with Crippen molar-refractivity contribution in [1.29, 1.82) is 0 Å². The fourth-order valence-electron chi connectivity index (χ4n) is 4.06. The van der Waals surface area contributed by atoms with Gasteiger partial charge in [-0.25, -0.2) is 0 Å². The molecule has 146 valence electrons. The first-order chi connectivity index (χ1) is 14.3. The van der Waals surface area contributed by atoms with Gasteiger partial charge in [0.15, 0.2) is 11.5 Å². The molecule has 1 aliphatic carbocycles. The van der Waals surface area contributed by atoms with Gasteiger partial charge in [-0.05, 0) is 59.7 Å². The summed E-state index contributed by atoms with van der Waals surface area (Å²) in [5, 5.41) is 0. The fraction of sp³-hybridized carbons (Fsp3) is 0.250. The zero-order valence-electron chi connectivity index (χ0n) is 16.1. The minimum Gasteiger partial charge on any atom is -0.454 e. The summed E-state index contributed by atoms with van der Waals surface area (Å²) >= 11 is 0. The SMILES string of the molecule is O=C(Cc1ccc2c(c1)CCC2)N(Cc1cccnc1)c1ccc2c(c1)OCO2. The maximum atomic E-state index is 13.4. The minimum absolute atomic E-state index is 0.0469. The lowest BCUT2D eigenvalue weighted by molar-refractivity contribution is -0.118. The van der Waals surface area contributed by atoms with Gasteiger partial charge in [0.25, 0.3) is 0 Å². The van der Waals surface area contributed by atoms with Crippen LogP contribution in [0.5, 0.6) is 11.5 Å². The second-order valence-electron chi connectivity index (χ2n) is 7.51. The third-order valence-corrected chi connectivity index (χ3v) is 5.55. The van der Waals surface area contributed by atoms with Crippen molar-refractivity contribution in [2.75, 3.05) is 11.7 Å². The molecular weight excluding hydrogens is 364 g/mol. The Morgan fingerprint density at radius 3 is 2.76 bits per heavy atom. The number of aromatic nitrogens is 1. The second kappa shape index (κ2) is 7.59. The van der Waals surface area contributed by atoms with Crippen molar-refractivity contribution >= 4 is 11.6 Å². The largest absolute Gasteiger partial charge is 0.454 e. The van der Waals surface area contributed by atoms with Gasteiger partial charge in [0.05, 0.1) is 13.0 Å². The number of carbonyl (C=O) groups is 1. The van der Waals surface area contributed by atoms with Crippen LogP contribution in [-0.2, 0) is 30.6 Å². The molecule has 2 heterocycles. The summed E-state index contributed by atoms with van der Waals surface area (Å²) in [7, 11) is 0. The van der Waals surface area contributed by atoms with Crippen molar-refractivity contribution in [3.8, 4) is 11.5 Å². The standard InChI is InChI=1S/C24H22N2O3/c27-24(12-17-6-7-19-4-1-5-20(19)11-17)26(15-18-3-2-10-25-14-18)21-8-9-22-23(13-21)29-16-28-22/h2-3,6-11,13-14H,1,4-5,12,15-16H2. The maximum absolute atomic E-state index is 13.4. The van der Waals surface area contributed by atoms with Gasteiger partial charge >= 0.3 is 0 Å². The van der Waals surface area contributed by atoms with Crippen LogP contribution in [0.25, 0.3) is 0 Å². The van der Waals surface area contributed by atoms with E-state index in [1.807, 2.05) is 30.3 Å². The molecule has 5 heteroatoms. The van der Waals surface area contributed by atoms with Crippen molar-refractivity contribution in [2.45, 2.75) is 32.2 Å². The molecule has 2 aliphatic rings. The van der Waals surface area contributed by atoms with Gasteiger partial charge in [0.1, 0.15) is 0 Å². The first-order valence-corrected chi connectivity index (χ1v) is 9.96. The van der Waals surface area contributed by atoms with E-state index in [0.29, 0.717) is 24.5 Å². The van der Waals surface area contributed by atoms with Crippen LogP contribution in [0, 0.1) is 0 Å². The quantitative estimate of drug-likeness (QED) is 0.663. The average molecular weight is 386 g/mol. The van der Waals surface area contributed by atoms with Gasteiger partial charge < -0.3 is 14.4 Å². The Hall–Kier alpha value is -3.34. The maximum Gasteiger partial charge on any atom is 0.231 e. The number of hydrogen-bond donors (Lipinski definition) is 0. The van der Waals surface area contributed by atoms with Gasteiger partial charge in [-0.15, -0.1) is 0 Å². The van der Waals surface area contributed by atoms with Crippen LogP contribution in [0.3, 0.4) is 0 Å². The minimum atomic E-state index is 0.0469. The summed E-state index contributed by atoms with van der Waals surface area (Å²) in [4.78, 5) is 19.3. The topological polar surface area (TPSA) is 51.7 Å². The number of amides is 1. The van der Waals surface area contributed by atoms with E-state index < -0.39 is 0 Å². The predicted molar refractivity (Wildman–Crippen MR) is 110 cm³/mol. The van der Waals surface area contributed by atoms with Crippen LogP contribution in [0.2, 0.25) is 0 Å². The van der Waals surface area contributed by atoms with Gasteiger partial charge in [0.2, 0.25) is 12.7 Å². The molecule has 3 aromatic rings. The summed E-state index contributed by atoms with van der Waals surface area (Å²) in [5.41, 5.74) is 5.64. The van der Waals surface area contributed by atoms with Crippen LogP contribution in [0.1, 0.15) is 28.7 Å². The van der Waals surface area contributed by atoms with Crippen molar-refractivity contribution in [3.05, 3.63) is 83.2 Å². The molecule has 1 aliphatic heterocycles. The van der Waals surface area contributed by atoms with Crippen LogP contribution in [0.15, 0.2) is 60.9 Å². The first kappa shape index (κ1) is 17.7. The highest BCUT2D eigenvalue weighted by atomic mass is 16.7. The van der Waals surface area contributed by atoms with Crippen LogP contribution < -0.4 is 14.4 Å². The molecule has 0 N–H and O–H groups in total. The number of carbonyl (C=O) groups excluding carboxylic acids is 1. The van der Waals surface area contributed by atoms with Crippen molar-refractivity contribution in [1.82, 2.24) is 4.98 Å². The molecule has 1 amide bonds. The molecule has 0 atom stereocenters. The molecular formula is C24H22N2O3. The highest BCUT2D eigenvalue weighted by Crippen LogP contribution is 2.36. The van der Waals surface area contributed by atoms with E-state index in [-0.39, 0.29) is 12.7 Å². The number of anilines is 1. The molecule has 29 heavy (non-hydrogen) atoms. The molecule has 0 radical (unpaired) electrons. The normalized spacial score (nSPS) is 13.9. The molecule has 5 rings (SSSR count). The van der Waals surface area contributed by atoms with E-state index in [4.69, 9.17) is 9.47 Å². The number of nitrogens with zero attached hydrogens (tertiary/aromatic N) is 2. The molecule has 0 fully saturated rings. The summed E-state index contributed by atoms with van der Waals surface area (Å²) < 4.78 is 10.9. The number of aryl methyl sites for hydroxylation is 2. The van der Waals surface area contributed by atoms with Crippen LogP contribution >= 0.6 is 0 Å². The molecule has 0 bridgehead atoms. The van der Waals surface area contributed by atoms with Crippen LogP contribution in [-0.4, -0.2) is 17.7 Å². The van der Waals surface area contributed by atoms with Crippen molar-refractivity contribution < 1.29 is 14.3 Å². The van der Waals surface area contributed by atoms with E-state index in [9.17, 15) is 4.79 Å². The first-order valence-electron chi connectivity index (χ1n) is 9.96. The van der Waals surface area contributed by atoms with Crippen LogP contribution in [0.4, 0.5) is 5.69 Å². The average Bonchev–Trinajstić information content (AvgIpc) is 3.41. The Bertz CT molecular complexity index is 1050. The highest BCUT2D eigenvalue weighted by Gasteiger charge is 2.21. The van der Waals surface area contributed by atoms with Gasteiger partial charge in [-0.2, -0.15) is 0 Å². The second-order valence-corrected chi connectivity index (χ2v) is 7.51. The predicted octanol–water partition coefficient (Wildman–Crippen LogP) is 4.07. The zero-order chi connectivity index (χ0) is 19.6. The lowest BCUT2D eigenvalue weighted by Gasteiger charge is -2.23. The van der Waals surface area contributed by atoms with Gasteiger partial charge in [0, 0.05) is 24.1 Å². The molecule has 2 aromatic carbocycles. The fourth-order valence-corrected chi connectivity index (χ4v) is 4.06. The Labute approximate surface area is 169 Å². The molecule has 0 spiro atoms.